The summed E-state index contributed by atoms with van der Waals surface area (Å²) in [6.07, 6.45) is 6.80. The highest BCUT2D eigenvalue weighted by Crippen LogP contribution is 2.26. The minimum atomic E-state index is 0.251. The molecular formula is C24H38N4O2. The zero-order chi connectivity index (χ0) is 21.2. The summed E-state index contributed by atoms with van der Waals surface area (Å²) < 4.78 is 5.59. The standard InChI is InChI=1S/C24H38N4O2/c1-3-25-24(26-16-20-12-8-9-13-21(20)18-30-4-2)27-22-14-15-28(17-22)23(29)19-10-6-5-7-11-19/h8-9,12-13,19,22H,3-7,10-11,14-18H2,1-2H3,(H2,25,26,27). The van der Waals surface area contributed by atoms with Crippen LogP contribution in [0.5, 0.6) is 0 Å². The van der Waals surface area contributed by atoms with Crippen LogP contribution in [0.4, 0.5) is 0 Å². The monoisotopic (exact) mass is 414 g/mol. The van der Waals surface area contributed by atoms with Crippen molar-refractivity contribution in [2.45, 2.75) is 71.6 Å². The summed E-state index contributed by atoms with van der Waals surface area (Å²) >= 11 is 0. The Bertz CT molecular complexity index is 700. The van der Waals surface area contributed by atoms with Gasteiger partial charge in [-0.15, -0.1) is 0 Å². The minimum absolute atomic E-state index is 0.251. The number of benzene rings is 1. The van der Waals surface area contributed by atoms with E-state index in [0.717, 1.165) is 44.9 Å². The number of likely N-dealkylation sites (tertiary alicyclic amines) is 1. The van der Waals surface area contributed by atoms with E-state index in [1.165, 1.54) is 30.4 Å². The third-order valence-corrected chi connectivity index (χ3v) is 6.13. The van der Waals surface area contributed by atoms with Crippen LogP contribution in [0.3, 0.4) is 0 Å². The van der Waals surface area contributed by atoms with Gasteiger partial charge in [0.2, 0.25) is 5.91 Å². The maximum Gasteiger partial charge on any atom is 0.225 e. The highest BCUT2D eigenvalue weighted by atomic mass is 16.5. The van der Waals surface area contributed by atoms with E-state index in [4.69, 9.17) is 9.73 Å². The van der Waals surface area contributed by atoms with E-state index >= 15 is 0 Å². The number of carbonyl (C=O) groups is 1. The number of carbonyl (C=O) groups excluding carboxylic acids is 1. The van der Waals surface area contributed by atoms with Crippen molar-refractivity contribution >= 4 is 11.9 Å². The fraction of sp³-hybridized carbons (Fsp3) is 0.667. The lowest BCUT2D eigenvalue weighted by Crippen LogP contribution is -2.45. The van der Waals surface area contributed by atoms with Crippen LogP contribution in [0.1, 0.15) is 63.5 Å². The zero-order valence-corrected chi connectivity index (χ0v) is 18.7. The van der Waals surface area contributed by atoms with E-state index in [1.807, 2.05) is 19.1 Å². The average Bonchev–Trinajstić information content (AvgIpc) is 3.25. The molecule has 1 aromatic carbocycles. The molecule has 1 aromatic rings. The van der Waals surface area contributed by atoms with E-state index in [0.29, 0.717) is 25.7 Å². The normalized spacial score (nSPS) is 20.4. The predicted octanol–water partition coefficient (Wildman–Crippen LogP) is 3.46. The van der Waals surface area contributed by atoms with Gasteiger partial charge in [-0.2, -0.15) is 0 Å². The molecule has 2 aliphatic rings. The molecule has 1 saturated heterocycles. The third kappa shape index (κ3) is 6.46. The summed E-state index contributed by atoms with van der Waals surface area (Å²) in [5, 5.41) is 6.91. The van der Waals surface area contributed by atoms with Gasteiger partial charge >= 0.3 is 0 Å². The molecule has 0 aromatic heterocycles. The lowest BCUT2D eigenvalue weighted by molar-refractivity contribution is -0.135. The summed E-state index contributed by atoms with van der Waals surface area (Å²) in [6.45, 7) is 8.46. The van der Waals surface area contributed by atoms with Crippen molar-refractivity contribution in [1.82, 2.24) is 15.5 Å². The average molecular weight is 415 g/mol. The van der Waals surface area contributed by atoms with Crippen LogP contribution in [-0.2, 0) is 22.7 Å². The van der Waals surface area contributed by atoms with Gasteiger partial charge in [0, 0.05) is 38.2 Å². The molecule has 1 aliphatic carbocycles. The van der Waals surface area contributed by atoms with Crippen LogP contribution >= 0.6 is 0 Å². The largest absolute Gasteiger partial charge is 0.377 e. The Kier molecular flexibility index (Phi) is 9.00. The summed E-state index contributed by atoms with van der Waals surface area (Å²) in [4.78, 5) is 19.7. The molecule has 3 rings (SSSR count). The Hall–Kier alpha value is -2.08. The molecule has 1 atom stereocenters. The minimum Gasteiger partial charge on any atom is -0.377 e. The first kappa shape index (κ1) is 22.6. The number of rotatable bonds is 8. The third-order valence-electron chi connectivity index (χ3n) is 6.13. The number of amides is 1. The highest BCUT2D eigenvalue weighted by Gasteiger charge is 2.31. The second-order valence-electron chi connectivity index (χ2n) is 8.35. The quantitative estimate of drug-likeness (QED) is 0.505. The summed E-state index contributed by atoms with van der Waals surface area (Å²) in [5.41, 5.74) is 2.37. The molecule has 0 spiro atoms. The lowest BCUT2D eigenvalue weighted by atomic mass is 9.88. The maximum atomic E-state index is 12.8. The molecular weight excluding hydrogens is 376 g/mol. The number of hydrogen-bond acceptors (Lipinski definition) is 3. The molecule has 1 saturated carbocycles. The van der Waals surface area contributed by atoms with Gasteiger partial charge in [-0.05, 0) is 44.2 Å². The molecule has 2 N–H and O–H groups in total. The number of hydrogen-bond donors (Lipinski definition) is 2. The zero-order valence-electron chi connectivity index (χ0n) is 18.7. The van der Waals surface area contributed by atoms with Gasteiger partial charge in [0.1, 0.15) is 0 Å². The Balaban J connectivity index is 1.56. The van der Waals surface area contributed by atoms with E-state index in [-0.39, 0.29) is 12.0 Å². The van der Waals surface area contributed by atoms with E-state index in [1.54, 1.807) is 0 Å². The van der Waals surface area contributed by atoms with E-state index < -0.39 is 0 Å². The molecule has 0 radical (unpaired) electrons. The number of aliphatic imine (C=N–C) groups is 1. The van der Waals surface area contributed by atoms with Crippen molar-refractivity contribution in [3.05, 3.63) is 35.4 Å². The summed E-state index contributed by atoms with van der Waals surface area (Å²) in [6, 6.07) is 8.57. The van der Waals surface area contributed by atoms with Gasteiger partial charge < -0.3 is 20.3 Å². The highest BCUT2D eigenvalue weighted by molar-refractivity contribution is 5.81. The smallest absolute Gasteiger partial charge is 0.225 e. The van der Waals surface area contributed by atoms with Crippen LogP contribution in [0.15, 0.2) is 29.3 Å². The van der Waals surface area contributed by atoms with Gasteiger partial charge in [0.05, 0.1) is 13.2 Å². The molecule has 0 bridgehead atoms. The molecule has 6 heteroatoms. The molecule has 2 fully saturated rings. The Morgan fingerprint density at radius 1 is 1.13 bits per heavy atom. The van der Waals surface area contributed by atoms with Crippen LogP contribution in [0.25, 0.3) is 0 Å². The molecule has 30 heavy (non-hydrogen) atoms. The van der Waals surface area contributed by atoms with Crippen molar-refractivity contribution in [3.8, 4) is 0 Å². The van der Waals surface area contributed by atoms with E-state index in [2.05, 4.69) is 34.6 Å². The number of guanidine groups is 1. The lowest BCUT2D eigenvalue weighted by Gasteiger charge is -2.26. The molecule has 1 aliphatic heterocycles. The van der Waals surface area contributed by atoms with Crippen LogP contribution in [-0.4, -0.2) is 49.0 Å². The van der Waals surface area contributed by atoms with E-state index in [9.17, 15) is 4.79 Å². The number of nitrogens with one attached hydrogen (secondary N) is 2. The van der Waals surface area contributed by atoms with Crippen LogP contribution in [0, 0.1) is 5.92 Å². The molecule has 166 valence electrons. The molecule has 1 amide bonds. The summed E-state index contributed by atoms with van der Waals surface area (Å²) in [5.74, 6) is 1.44. The fourth-order valence-electron chi connectivity index (χ4n) is 4.43. The van der Waals surface area contributed by atoms with Crippen molar-refractivity contribution in [1.29, 1.82) is 0 Å². The van der Waals surface area contributed by atoms with Crippen molar-refractivity contribution in [2.75, 3.05) is 26.2 Å². The van der Waals surface area contributed by atoms with Gasteiger partial charge in [-0.25, -0.2) is 4.99 Å². The number of nitrogens with zero attached hydrogens (tertiary/aromatic N) is 2. The van der Waals surface area contributed by atoms with Crippen LogP contribution < -0.4 is 10.6 Å². The number of ether oxygens (including phenoxy) is 1. The predicted molar refractivity (Wildman–Crippen MR) is 121 cm³/mol. The maximum absolute atomic E-state index is 12.8. The van der Waals surface area contributed by atoms with Crippen molar-refractivity contribution in [2.24, 2.45) is 10.9 Å². The second-order valence-corrected chi connectivity index (χ2v) is 8.35. The molecule has 1 heterocycles. The van der Waals surface area contributed by atoms with Crippen LogP contribution in [0.2, 0.25) is 0 Å². The Morgan fingerprint density at radius 3 is 2.63 bits per heavy atom. The Morgan fingerprint density at radius 2 is 1.90 bits per heavy atom. The van der Waals surface area contributed by atoms with Gasteiger partial charge in [0.25, 0.3) is 0 Å². The first-order valence-electron chi connectivity index (χ1n) is 11.7. The second kappa shape index (κ2) is 11.9. The topological polar surface area (TPSA) is 66.0 Å². The first-order chi connectivity index (χ1) is 14.7. The molecule has 6 nitrogen and oxygen atoms in total. The Labute approximate surface area is 181 Å². The van der Waals surface area contributed by atoms with Crippen molar-refractivity contribution in [3.63, 3.8) is 0 Å². The summed E-state index contributed by atoms with van der Waals surface area (Å²) in [7, 11) is 0. The van der Waals surface area contributed by atoms with Gasteiger partial charge in [0.15, 0.2) is 5.96 Å². The van der Waals surface area contributed by atoms with Gasteiger partial charge in [-0.1, -0.05) is 43.5 Å². The molecule has 1 unspecified atom stereocenters. The fourth-order valence-corrected chi connectivity index (χ4v) is 4.43. The SMILES string of the molecule is CCNC(=NCc1ccccc1COCC)NC1CCN(C(=O)C2CCCCC2)C1. The first-order valence-corrected chi connectivity index (χ1v) is 11.7. The van der Waals surface area contributed by atoms with Crippen molar-refractivity contribution < 1.29 is 9.53 Å². The van der Waals surface area contributed by atoms with Gasteiger partial charge in [-0.3, -0.25) is 4.79 Å².